The minimum Gasteiger partial charge on any atom is -0.395 e. The van der Waals surface area contributed by atoms with Crippen LogP contribution in [0.5, 0.6) is 0 Å². The molecule has 1 heterocycles. The molecule has 0 atom stereocenters. The molecule has 1 aromatic carbocycles. The van der Waals surface area contributed by atoms with E-state index in [0.29, 0.717) is 37.1 Å². The topological polar surface area (TPSA) is 60.9 Å². The summed E-state index contributed by atoms with van der Waals surface area (Å²) in [6.07, 6.45) is 0.664. The van der Waals surface area contributed by atoms with Gasteiger partial charge in [0.2, 0.25) is 10.0 Å². The summed E-state index contributed by atoms with van der Waals surface area (Å²) in [6, 6.07) is 3.96. The third-order valence-corrected chi connectivity index (χ3v) is 5.90. The maximum atomic E-state index is 13.9. The monoisotopic (exact) mass is 380 g/mol. The molecule has 1 saturated heterocycles. The fraction of sp³-hybridized carbons (Fsp3) is 0.538. The van der Waals surface area contributed by atoms with E-state index >= 15 is 0 Å². The Balaban J connectivity index is 2.19. The Labute approximate surface area is 132 Å². The van der Waals surface area contributed by atoms with Gasteiger partial charge in [0.05, 0.1) is 6.61 Å². The van der Waals surface area contributed by atoms with Crippen LogP contribution in [0, 0.1) is 5.82 Å². The second-order valence-electron chi connectivity index (χ2n) is 4.90. The van der Waals surface area contributed by atoms with E-state index in [-0.39, 0.29) is 11.5 Å². The van der Waals surface area contributed by atoms with Gasteiger partial charge in [-0.2, -0.15) is 4.31 Å². The lowest BCUT2D eigenvalue weighted by molar-refractivity contribution is 0.202. The maximum absolute atomic E-state index is 13.9. The van der Waals surface area contributed by atoms with Gasteiger partial charge in [-0.25, -0.2) is 12.8 Å². The van der Waals surface area contributed by atoms with E-state index in [1.165, 1.54) is 16.4 Å². The van der Waals surface area contributed by atoms with Crippen LogP contribution in [0.2, 0.25) is 0 Å². The molecule has 0 bridgehead atoms. The van der Waals surface area contributed by atoms with Crippen molar-refractivity contribution in [2.24, 2.45) is 0 Å². The Morgan fingerprint density at radius 2 is 2.00 bits per heavy atom. The number of nitrogens with zero attached hydrogens (tertiary/aromatic N) is 2. The van der Waals surface area contributed by atoms with Crippen molar-refractivity contribution >= 4 is 26.0 Å². The number of rotatable bonds is 4. The molecule has 0 aliphatic carbocycles. The van der Waals surface area contributed by atoms with E-state index in [4.69, 9.17) is 5.11 Å². The van der Waals surface area contributed by atoms with Gasteiger partial charge in [-0.15, -0.1) is 0 Å². The molecule has 0 radical (unpaired) electrons. The van der Waals surface area contributed by atoms with Gasteiger partial charge in [-0.3, -0.25) is 4.90 Å². The van der Waals surface area contributed by atoms with Gasteiger partial charge >= 0.3 is 0 Å². The Bertz CT molecular complexity index is 597. The molecular formula is C13H18BrFN2O3S. The Hall–Kier alpha value is -0.540. The molecule has 8 heteroatoms. The molecule has 118 valence electrons. The fourth-order valence-electron chi connectivity index (χ4n) is 2.38. The largest absolute Gasteiger partial charge is 0.395 e. The quantitative estimate of drug-likeness (QED) is 0.854. The molecule has 1 N–H and O–H groups in total. The number of β-amino-alcohol motifs (C(OH)–C–C–N with tert-alkyl or cyclic N) is 1. The van der Waals surface area contributed by atoms with E-state index in [1.807, 2.05) is 4.90 Å². The molecule has 1 aliphatic heterocycles. The number of benzene rings is 1. The van der Waals surface area contributed by atoms with Crippen LogP contribution < -0.4 is 0 Å². The minimum atomic E-state index is -3.82. The lowest BCUT2D eigenvalue weighted by Crippen LogP contribution is -2.36. The molecular weight excluding hydrogens is 363 g/mol. The van der Waals surface area contributed by atoms with Crippen molar-refractivity contribution in [2.45, 2.75) is 11.3 Å². The first-order valence-corrected chi connectivity index (χ1v) is 8.97. The molecule has 0 saturated carbocycles. The van der Waals surface area contributed by atoms with Gasteiger partial charge in [0, 0.05) is 30.7 Å². The average Bonchev–Trinajstić information content (AvgIpc) is 2.65. The van der Waals surface area contributed by atoms with E-state index in [9.17, 15) is 12.8 Å². The van der Waals surface area contributed by atoms with Gasteiger partial charge < -0.3 is 5.11 Å². The first-order chi connectivity index (χ1) is 9.95. The summed E-state index contributed by atoms with van der Waals surface area (Å²) >= 11 is 3.12. The number of sulfonamides is 1. The van der Waals surface area contributed by atoms with Crippen LogP contribution in [0.15, 0.2) is 27.6 Å². The number of hydrogen-bond acceptors (Lipinski definition) is 4. The molecule has 1 aliphatic rings. The Kier molecular flexibility index (Phi) is 5.73. The zero-order valence-electron chi connectivity index (χ0n) is 11.5. The highest BCUT2D eigenvalue weighted by Crippen LogP contribution is 2.23. The van der Waals surface area contributed by atoms with Crippen molar-refractivity contribution < 1.29 is 17.9 Å². The van der Waals surface area contributed by atoms with Gasteiger partial charge in [0.25, 0.3) is 0 Å². The van der Waals surface area contributed by atoms with E-state index in [0.717, 1.165) is 12.6 Å². The first-order valence-electron chi connectivity index (χ1n) is 6.73. The van der Waals surface area contributed by atoms with Crippen molar-refractivity contribution in [1.82, 2.24) is 9.21 Å². The molecule has 2 rings (SSSR count). The molecule has 0 unspecified atom stereocenters. The molecule has 0 aromatic heterocycles. The van der Waals surface area contributed by atoms with Crippen LogP contribution in [0.3, 0.4) is 0 Å². The predicted octanol–water partition coefficient (Wildman–Crippen LogP) is 1.28. The fourth-order valence-corrected chi connectivity index (χ4v) is 4.22. The highest BCUT2D eigenvalue weighted by molar-refractivity contribution is 9.10. The van der Waals surface area contributed by atoms with E-state index < -0.39 is 15.8 Å². The third-order valence-electron chi connectivity index (χ3n) is 3.48. The number of aliphatic hydroxyl groups excluding tert-OH is 1. The smallest absolute Gasteiger partial charge is 0.246 e. The summed E-state index contributed by atoms with van der Waals surface area (Å²) in [6.45, 7) is 2.51. The van der Waals surface area contributed by atoms with Gasteiger partial charge in [-0.05, 0) is 31.2 Å². The van der Waals surface area contributed by atoms with Gasteiger partial charge in [0.15, 0.2) is 0 Å². The maximum Gasteiger partial charge on any atom is 0.246 e. The lowest BCUT2D eigenvalue weighted by atomic mass is 10.3. The van der Waals surface area contributed by atoms with Crippen LogP contribution in [0.25, 0.3) is 0 Å². The van der Waals surface area contributed by atoms with Crippen molar-refractivity contribution in [3.63, 3.8) is 0 Å². The van der Waals surface area contributed by atoms with Crippen molar-refractivity contribution in [2.75, 3.05) is 39.3 Å². The second kappa shape index (κ2) is 7.15. The third kappa shape index (κ3) is 4.01. The standard InChI is InChI=1S/C13H18BrFN2O3S/c14-11-2-3-13(12(15)10-11)21(19,20)17-5-1-4-16(6-7-17)8-9-18/h2-3,10,18H,1,4-9H2. The predicted molar refractivity (Wildman–Crippen MR) is 81.0 cm³/mol. The second-order valence-corrected chi connectivity index (χ2v) is 7.72. The van der Waals surface area contributed by atoms with Crippen LogP contribution in [-0.4, -0.2) is 62.1 Å². The summed E-state index contributed by atoms with van der Waals surface area (Å²) in [4.78, 5) is 1.72. The number of aliphatic hydroxyl groups is 1. The summed E-state index contributed by atoms with van der Waals surface area (Å²) in [5.41, 5.74) is 0. The highest BCUT2D eigenvalue weighted by atomic mass is 79.9. The van der Waals surface area contributed by atoms with Crippen molar-refractivity contribution in [1.29, 1.82) is 0 Å². The van der Waals surface area contributed by atoms with Crippen molar-refractivity contribution in [3.05, 3.63) is 28.5 Å². The SMILES string of the molecule is O=S(=O)(c1ccc(Br)cc1F)N1CCCN(CCO)CC1. The zero-order chi connectivity index (χ0) is 15.5. The average molecular weight is 381 g/mol. The van der Waals surface area contributed by atoms with Crippen LogP contribution >= 0.6 is 15.9 Å². The lowest BCUT2D eigenvalue weighted by Gasteiger charge is -2.21. The van der Waals surface area contributed by atoms with Gasteiger partial charge in [0.1, 0.15) is 10.7 Å². The van der Waals surface area contributed by atoms with E-state index in [1.54, 1.807) is 0 Å². The van der Waals surface area contributed by atoms with Crippen LogP contribution in [0.1, 0.15) is 6.42 Å². The number of hydrogen-bond donors (Lipinski definition) is 1. The summed E-state index contributed by atoms with van der Waals surface area (Å²) in [5.74, 6) is -0.749. The normalized spacial score (nSPS) is 18.6. The van der Waals surface area contributed by atoms with Crippen LogP contribution in [-0.2, 0) is 10.0 Å². The summed E-state index contributed by atoms with van der Waals surface area (Å²) < 4.78 is 40.8. The molecule has 1 aromatic rings. The van der Waals surface area contributed by atoms with Crippen LogP contribution in [0.4, 0.5) is 4.39 Å². The van der Waals surface area contributed by atoms with Crippen molar-refractivity contribution in [3.8, 4) is 0 Å². The minimum absolute atomic E-state index is 0.0497. The molecule has 5 nitrogen and oxygen atoms in total. The van der Waals surface area contributed by atoms with Gasteiger partial charge in [-0.1, -0.05) is 15.9 Å². The highest BCUT2D eigenvalue weighted by Gasteiger charge is 2.29. The Morgan fingerprint density at radius 3 is 2.67 bits per heavy atom. The molecule has 0 spiro atoms. The molecule has 21 heavy (non-hydrogen) atoms. The Morgan fingerprint density at radius 1 is 1.24 bits per heavy atom. The first kappa shape index (κ1) is 16.8. The number of halogens is 2. The molecule has 0 amide bonds. The summed E-state index contributed by atoms with van der Waals surface area (Å²) in [5, 5.41) is 8.95. The molecule has 1 fully saturated rings. The zero-order valence-corrected chi connectivity index (χ0v) is 13.9. The van der Waals surface area contributed by atoms with E-state index in [2.05, 4.69) is 15.9 Å². The summed E-state index contributed by atoms with van der Waals surface area (Å²) in [7, 11) is -3.82.